The molecule has 0 saturated heterocycles. The van der Waals surface area contributed by atoms with E-state index in [0.717, 1.165) is 38.5 Å². The number of hydrogen-bond acceptors (Lipinski definition) is 22. The third kappa shape index (κ3) is 50.4. The van der Waals surface area contributed by atoms with Gasteiger partial charge in [0.25, 0.3) is 0 Å². The zero-order chi connectivity index (χ0) is 78.2. The summed E-state index contributed by atoms with van der Waals surface area (Å²) in [6.07, 6.45) is 19.3. The number of phenolic OH excluding ortho intramolecular Hbond substituents is 1. The Morgan fingerprint density at radius 2 is 0.829 bits per heavy atom. The number of aliphatic hydroxyl groups is 2. The SMILES string of the molecule is C[C@H](CCC(=O)[C@H](Cc1ccc(O)cc1)NC(=O)[C@H](CCC(N)=O)NC(=O)[C@H](CCN(C)C)NC(=O)[C@H](CO)NC(=O)[C@H](CCC(N)=O)NC(=O)[C@@H](CO)NC(=O)CNC(=O)COCCOCCNC(=O)COCCOCCCC(=O)CCCCCCCCCCCCCCCCCCC(=O)O)N(C)C. The van der Waals surface area contributed by atoms with Gasteiger partial charge in [-0.25, -0.2) is 0 Å². The van der Waals surface area contributed by atoms with Crippen LogP contribution in [0, 0.1) is 0 Å². The average Bonchev–Trinajstić information content (AvgIpc) is 0.855. The number of phenols is 1. The molecule has 0 radical (unpaired) electrons. The summed E-state index contributed by atoms with van der Waals surface area (Å²) in [6.45, 7) is -0.212. The molecular weight excluding hydrogens is 1370 g/mol. The van der Waals surface area contributed by atoms with E-state index in [1.165, 1.54) is 76.3 Å². The Bertz CT molecular complexity index is 2730. The molecule has 0 aromatic heterocycles. The minimum absolute atomic E-state index is 0.00358. The number of carbonyl (C=O) groups excluding carboxylic acids is 12. The number of Topliss-reactive ketones (excluding diaryl/α,β-unsaturated/α-hetero) is 2. The molecule has 0 bridgehead atoms. The number of aliphatic hydroxyl groups excluding tert-OH is 2. The first kappa shape index (κ1) is 95.2. The number of aromatic hydroxyl groups is 1. The number of hydrogen-bond donors (Lipinski definition) is 14. The van der Waals surface area contributed by atoms with Crippen LogP contribution in [-0.2, 0) is 87.7 Å². The standard InChI is InChI=1S/C72H124N12O21/c1-51(84(4)5)26-33-61(89)58(45-52-27-29-54(88)30-28-52)81-68(97)55(31-34-62(73)90)78-70(99)57(36-38-83(2)3)80-72(101)60(48-86)82-69(98)56(32-35-63(74)91)79-71(100)59(47-85)77-64(92)46-76-66(94)50-105-44-42-103-40-37-75-65(93)49-104-43-41-102-39-22-24-53(87)23-20-18-16-14-12-10-8-6-7-9-11-13-15-17-19-21-25-67(95)96/h27-30,51,55-60,85-86,88H,6-26,31-50H2,1-5H3,(H2,73,90)(H2,74,91)(H,75,93)(H,76,94)(H,77,92)(H,78,99)(H,79,100)(H,80,101)(H,81,97)(H,82,98)(H,95,96)/t51-,55+,56+,57+,58+,59-,60+/m1/s1. The number of amides is 10. The number of ketones is 2. The molecular formula is C72H124N12O21. The fraction of sp³-hybridized carbons (Fsp3) is 0.736. The number of nitrogens with one attached hydrogen (secondary N) is 8. The summed E-state index contributed by atoms with van der Waals surface area (Å²) in [7, 11) is 7.05. The van der Waals surface area contributed by atoms with Crippen molar-refractivity contribution in [3.8, 4) is 5.75 Å². The molecule has 0 spiro atoms. The second kappa shape index (κ2) is 59.4. The van der Waals surface area contributed by atoms with Crippen LogP contribution in [0.15, 0.2) is 24.3 Å². The summed E-state index contributed by atoms with van der Waals surface area (Å²) in [5.41, 5.74) is 11.4. The van der Waals surface area contributed by atoms with Crippen molar-refractivity contribution in [3.05, 3.63) is 29.8 Å². The number of nitrogens with two attached hydrogens (primary N) is 2. The van der Waals surface area contributed by atoms with Gasteiger partial charge < -0.3 is 103 Å². The molecule has 16 N–H and O–H groups in total. The molecule has 0 saturated carbocycles. The second-order valence-electron chi connectivity index (χ2n) is 26.7. The molecule has 33 nitrogen and oxygen atoms in total. The molecule has 105 heavy (non-hydrogen) atoms. The van der Waals surface area contributed by atoms with Crippen LogP contribution in [-0.4, -0.2) is 263 Å². The molecule has 0 aliphatic rings. The molecule has 0 aliphatic heterocycles. The van der Waals surface area contributed by atoms with Crippen LogP contribution in [0.4, 0.5) is 0 Å². The van der Waals surface area contributed by atoms with Crippen LogP contribution < -0.4 is 54.0 Å². The molecule has 33 heteroatoms. The zero-order valence-corrected chi connectivity index (χ0v) is 62.6. The van der Waals surface area contributed by atoms with Crippen LogP contribution in [0.25, 0.3) is 0 Å². The maximum atomic E-state index is 14.1. The lowest BCUT2D eigenvalue weighted by Crippen LogP contribution is -2.61. The van der Waals surface area contributed by atoms with Crippen molar-refractivity contribution in [2.24, 2.45) is 11.5 Å². The number of benzene rings is 1. The number of rotatable bonds is 67. The van der Waals surface area contributed by atoms with Crippen molar-refractivity contribution in [2.75, 3.05) is 114 Å². The summed E-state index contributed by atoms with van der Waals surface area (Å²) >= 11 is 0. The van der Waals surface area contributed by atoms with Crippen LogP contribution >= 0.6 is 0 Å². The molecule has 0 aliphatic carbocycles. The van der Waals surface area contributed by atoms with E-state index >= 15 is 0 Å². The topological polar surface area (TPSA) is 495 Å². The summed E-state index contributed by atoms with van der Waals surface area (Å²) in [4.78, 5) is 171. The summed E-state index contributed by atoms with van der Waals surface area (Å²) in [6, 6.07) is -3.33. The average molecular weight is 1490 g/mol. The molecule has 0 heterocycles. The number of unbranched alkanes of at least 4 members (excludes halogenated alkanes) is 15. The van der Waals surface area contributed by atoms with Crippen LogP contribution in [0.5, 0.6) is 5.75 Å². The molecule has 10 amide bonds. The minimum Gasteiger partial charge on any atom is -0.508 e. The van der Waals surface area contributed by atoms with Crippen molar-refractivity contribution in [3.63, 3.8) is 0 Å². The van der Waals surface area contributed by atoms with E-state index in [4.69, 9.17) is 35.5 Å². The molecule has 0 fully saturated rings. The van der Waals surface area contributed by atoms with E-state index in [-0.39, 0.29) is 121 Å². The first-order chi connectivity index (χ1) is 50.1. The molecule has 7 atom stereocenters. The molecule has 598 valence electrons. The second-order valence-corrected chi connectivity index (χ2v) is 26.7. The van der Waals surface area contributed by atoms with Gasteiger partial charge in [0.05, 0.1) is 58.8 Å². The van der Waals surface area contributed by atoms with Crippen molar-refractivity contribution < 1.29 is 102 Å². The maximum absolute atomic E-state index is 14.1. The first-order valence-electron chi connectivity index (χ1n) is 36.9. The fourth-order valence-corrected chi connectivity index (χ4v) is 10.5. The lowest BCUT2D eigenvalue weighted by Gasteiger charge is -2.27. The number of primary amides is 2. The van der Waals surface area contributed by atoms with Crippen molar-refractivity contribution in [2.45, 2.75) is 229 Å². The Labute approximate surface area is 618 Å². The van der Waals surface area contributed by atoms with Crippen molar-refractivity contribution in [1.82, 2.24) is 52.3 Å². The minimum atomic E-state index is -1.83. The predicted octanol–water partition coefficient (Wildman–Crippen LogP) is 0.365. The number of aliphatic carboxylic acids is 1. The highest BCUT2D eigenvalue weighted by Crippen LogP contribution is 2.17. The van der Waals surface area contributed by atoms with E-state index in [2.05, 4.69) is 42.5 Å². The lowest BCUT2D eigenvalue weighted by atomic mass is 9.97. The van der Waals surface area contributed by atoms with Gasteiger partial charge in [0, 0.05) is 57.7 Å². The highest BCUT2D eigenvalue weighted by atomic mass is 16.5. The van der Waals surface area contributed by atoms with Crippen LogP contribution in [0.2, 0.25) is 0 Å². The van der Waals surface area contributed by atoms with Crippen molar-refractivity contribution in [1.29, 1.82) is 0 Å². The zero-order valence-electron chi connectivity index (χ0n) is 62.6. The highest BCUT2D eigenvalue weighted by Gasteiger charge is 2.34. The van der Waals surface area contributed by atoms with Gasteiger partial charge in [-0.15, -0.1) is 0 Å². The molecule has 1 rings (SSSR count). The quantitative estimate of drug-likeness (QED) is 0.0392. The molecule has 0 unspecified atom stereocenters. The van der Waals surface area contributed by atoms with Gasteiger partial charge in [0.2, 0.25) is 59.1 Å². The maximum Gasteiger partial charge on any atom is 0.303 e. The van der Waals surface area contributed by atoms with E-state index < -0.39 is 135 Å². The largest absolute Gasteiger partial charge is 0.508 e. The Kier molecular flexibility index (Phi) is 53.8. The highest BCUT2D eigenvalue weighted by molar-refractivity contribution is 5.98. The van der Waals surface area contributed by atoms with Crippen LogP contribution in [0.3, 0.4) is 0 Å². The van der Waals surface area contributed by atoms with Gasteiger partial charge in [-0.3, -0.25) is 62.3 Å². The lowest BCUT2D eigenvalue weighted by molar-refractivity contribution is -0.137. The van der Waals surface area contributed by atoms with Gasteiger partial charge in [0.1, 0.15) is 55.0 Å². The van der Waals surface area contributed by atoms with Gasteiger partial charge in [-0.1, -0.05) is 102 Å². The summed E-state index contributed by atoms with van der Waals surface area (Å²) in [5.74, 6) is -9.85. The third-order valence-corrected chi connectivity index (χ3v) is 17.1. The predicted molar refractivity (Wildman–Crippen MR) is 389 cm³/mol. The van der Waals surface area contributed by atoms with Gasteiger partial charge in [-0.05, 0) is 111 Å². The van der Waals surface area contributed by atoms with E-state index in [1.54, 1.807) is 31.1 Å². The Hall–Kier alpha value is -7.79. The van der Waals surface area contributed by atoms with E-state index in [0.29, 0.717) is 37.9 Å². The third-order valence-electron chi connectivity index (χ3n) is 17.1. The number of nitrogens with zero attached hydrogens (tertiary/aromatic N) is 2. The number of ether oxygens (including phenoxy) is 4. The Morgan fingerprint density at radius 1 is 0.429 bits per heavy atom. The Morgan fingerprint density at radius 3 is 1.29 bits per heavy atom. The Balaban J connectivity index is 2.53. The normalized spacial score (nSPS) is 13.3. The van der Waals surface area contributed by atoms with Gasteiger partial charge in [-0.2, -0.15) is 0 Å². The van der Waals surface area contributed by atoms with Crippen LogP contribution in [0.1, 0.15) is 186 Å². The summed E-state index contributed by atoms with van der Waals surface area (Å²) < 4.78 is 21.6. The molecule has 1 aromatic rings. The fourth-order valence-electron chi connectivity index (χ4n) is 10.5. The van der Waals surface area contributed by atoms with Gasteiger partial charge >= 0.3 is 5.97 Å². The number of carboxylic acid groups (broad SMARTS) is 1. The van der Waals surface area contributed by atoms with E-state index in [1.807, 2.05) is 25.9 Å². The number of carboxylic acids is 1. The number of carbonyl (C=O) groups is 13. The van der Waals surface area contributed by atoms with E-state index in [9.17, 15) is 77.6 Å². The molecule has 1 aromatic carbocycles. The monoisotopic (exact) mass is 1490 g/mol. The van der Waals surface area contributed by atoms with Crippen molar-refractivity contribution >= 4 is 76.6 Å². The summed E-state index contributed by atoms with van der Waals surface area (Å²) in [5, 5.41) is 58.3. The van der Waals surface area contributed by atoms with Gasteiger partial charge in [0.15, 0.2) is 5.78 Å². The smallest absolute Gasteiger partial charge is 0.303 e. The first-order valence-corrected chi connectivity index (χ1v) is 36.9.